The maximum absolute atomic E-state index is 11.9. The Hall–Kier alpha value is -0.630. The van der Waals surface area contributed by atoms with Gasteiger partial charge in [-0.3, -0.25) is 9.69 Å². The van der Waals surface area contributed by atoms with Gasteiger partial charge in [0.1, 0.15) is 0 Å². The summed E-state index contributed by atoms with van der Waals surface area (Å²) in [6.45, 7) is 13.8. The molecule has 0 spiro atoms. The van der Waals surface area contributed by atoms with Crippen molar-refractivity contribution in [2.24, 2.45) is 0 Å². The Morgan fingerprint density at radius 1 is 1.36 bits per heavy atom. The van der Waals surface area contributed by atoms with Crippen molar-refractivity contribution in [3.8, 4) is 0 Å². The van der Waals surface area contributed by atoms with Gasteiger partial charge in [0.25, 0.3) is 0 Å². The highest BCUT2D eigenvalue weighted by molar-refractivity contribution is 5.89. The van der Waals surface area contributed by atoms with Crippen LogP contribution in [-0.2, 0) is 4.79 Å². The summed E-state index contributed by atoms with van der Waals surface area (Å²) in [6, 6.07) is 0. The number of hydrogen-bond acceptors (Lipinski definition) is 2. The zero-order valence-electron chi connectivity index (χ0n) is 9.97. The summed E-state index contributed by atoms with van der Waals surface area (Å²) in [5.41, 5.74) is -0.308. The third-order valence-electron chi connectivity index (χ3n) is 3.08. The van der Waals surface area contributed by atoms with Crippen molar-refractivity contribution < 1.29 is 4.79 Å². The highest BCUT2D eigenvalue weighted by Gasteiger charge is 2.34. The van der Waals surface area contributed by atoms with Crippen LogP contribution in [0.25, 0.3) is 0 Å². The lowest BCUT2D eigenvalue weighted by Gasteiger charge is -2.38. The SMILES string of the molecule is C=CCC(=O)C(C)(CC)N(CC)CC. The van der Waals surface area contributed by atoms with E-state index in [1.165, 1.54) is 0 Å². The lowest BCUT2D eigenvalue weighted by atomic mass is 9.89. The Kier molecular flexibility index (Phi) is 5.70. The van der Waals surface area contributed by atoms with E-state index in [1.54, 1.807) is 6.08 Å². The summed E-state index contributed by atoms with van der Waals surface area (Å²) in [7, 11) is 0. The zero-order chi connectivity index (χ0) is 11.2. The van der Waals surface area contributed by atoms with Gasteiger partial charge in [-0.25, -0.2) is 0 Å². The average Bonchev–Trinajstić information content (AvgIpc) is 2.19. The Balaban J connectivity index is 4.74. The molecule has 0 saturated heterocycles. The summed E-state index contributed by atoms with van der Waals surface area (Å²) in [6.07, 6.45) is 3.03. The van der Waals surface area contributed by atoms with Gasteiger partial charge in [0.15, 0.2) is 5.78 Å². The molecule has 0 rings (SSSR count). The van der Waals surface area contributed by atoms with Crippen LogP contribution in [0.4, 0.5) is 0 Å². The van der Waals surface area contributed by atoms with Crippen LogP contribution in [0.5, 0.6) is 0 Å². The minimum absolute atomic E-state index is 0.277. The Morgan fingerprint density at radius 2 is 1.86 bits per heavy atom. The summed E-state index contributed by atoms with van der Waals surface area (Å²) in [4.78, 5) is 14.2. The van der Waals surface area contributed by atoms with Gasteiger partial charge >= 0.3 is 0 Å². The minimum atomic E-state index is -0.308. The molecular formula is C12H23NO. The maximum Gasteiger partial charge on any atom is 0.156 e. The normalized spacial score (nSPS) is 15.2. The van der Waals surface area contributed by atoms with Crippen molar-refractivity contribution in [3.63, 3.8) is 0 Å². The molecule has 0 amide bonds. The van der Waals surface area contributed by atoms with Crippen molar-refractivity contribution in [2.45, 2.75) is 46.1 Å². The molecule has 0 aromatic carbocycles. The van der Waals surface area contributed by atoms with Gasteiger partial charge in [-0.2, -0.15) is 0 Å². The van der Waals surface area contributed by atoms with E-state index in [2.05, 4.69) is 32.3 Å². The molecule has 82 valence electrons. The summed E-state index contributed by atoms with van der Waals surface area (Å²) < 4.78 is 0. The molecule has 0 bridgehead atoms. The molecule has 0 aliphatic heterocycles. The molecule has 1 unspecified atom stereocenters. The number of carbonyl (C=O) groups excluding carboxylic acids is 1. The molecule has 0 N–H and O–H groups in total. The van der Waals surface area contributed by atoms with Crippen molar-refractivity contribution in [3.05, 3.63) is 12.7 Å². The largest absolute Gasteiger partial charge is 0.297 e. The highest BCUT2D eigenvalue weighted by Crippen LogP contribution is 2.21. The summed E-state index contributed by atoms with van der Waals surface area (Å²) in [5, 5.41) is 0. The summed E-state index contributed by atoms with van der Waals surface area (Å²) >= 11 is 0. The molecule has 2 nitrogen and oxygen atoms in total. The van der Waals surface area contributed by atoms with E-state index in [0.29, 0.717) is 6.42 Å². The molecule has 14 heavy (non-hydrogen) atoms. The van der Waals surface area contributed by atoms with Crippen LogP contribution in [0.2, 0.25) is 0 Å². The van der Waals surface area contributed by atoms with Crippen LogP contribution in [0.15, 0.2) is 12.7 Å². The first-order valence-electron chi connectivity index (χ1n) is 5.46. The molecule has 0 aromatic rings. The number of hydrogen-bond donors (Lipinski definition) is 0. The summed E-state index contributed by atoms with van der Waals surface area (Å²) in [5.74, 6) is 0.277. The second-order valence-electron chi connectivity index (χ2n) is 3.72. The van der Waals surface area contributed by atoms with Gasteiger partial charge in [0.2, 0.25) is 0 Å². The van der Waals surface area contributed by atoms with Crippen molar-refractivity contribution >= 4 is 5.78 Å². The zero-order valence-corrected chi connectivity index (χ0v) is 9.97. The molecule has 0 aliphatic rings. The first-order valence-corrected chi connectivity index (χ1v) is 5.46. The molecule has 0 fully saturated rings. The molecule has 0 radical (unpaired) electrons. The van der Waals surface area contributed by atoms with Crippen molar-refractivity contribution in [1.82, 2.24) is 4.90 Å². The fraction of sp³-hybridized carbons (Fsp3) is 0.750. The fourth-order valence-corrected chi connectivity index (χ4v) is 1.87. The third kappa shape index (κ3) is 2.68. The van der Waals surface area contributed by atoms with Gasteiger partial charge < -0.3 is 0 Å². The predicted molar refractivity (Wildman–Crippen MR) is 61.4 cm³/mol. The van der Waals surface area contributed by atoms with Crippen LogP contribution in [0.1, 0.15) is 40.5 Å². The van der Waals surface area contributed by atoms with Gasteiger partial charge in [-0.1, -0.05) is 26.8 Å². The molecule has 0 saturated carbocycles. The quantitative estimate of drug-likeness (QED) is 0.585. The number of rotatable bonds is 7. The number of carbonyl (C=O) groups is 1. The van der Waals surface area contributed by atoms with E-state index < -0.39 is 0 Å². The molecule has 0 heterocycles. The number of allylic oxidation sites excluding steroid dienone is 1. The van der Waals surface area contributed by atoms with E-state index in [-0.39, 0.29) is 11.3 Å². The van der Waals surface area contributed by atoms with Crippen molar-refractivity contribution in [1.29, 1.82) is 0 Å². The Labute approximate surface area is 88.0 Å². The number of nitrogens with zero attached hydrogens (tertiary/aromatic N) is 1. The third-order valence-corrected chi connectivity index (χ3v) is 3.08. The van der Waals surface area contributed by atoms with Crippen LogP contribution in [-0.4, -0.2) is 29.3 Å². The topological polar surface area (TPSA) is 20.3 Å². The van der Waals surface area contributed by atoms with Crippen LogP contribution < -0.4 is 0 Å². The van der Waals surface area contributed by atoms with Gasteiger partial charge in [0, 0.05) is 6.42 Å². The molecule has 2 heteroatoms. The number of ketones is 1. The lowest BCUT2D eigenvalue weighted by molar-refractivity contribution is -0.129. The predicted octanol–water partition coefficient (Wildman–Crippen LogP) is 2.64. The van der Waals surface area contributed by atoms with Crippen molar-refractivity contribution in [2.75, 3.05) is 13.1 Å². The molecular weight excluding hydrogens is 174 g/mol. The first kappa shape index (κ1) is 13.4. The van der Waals surface area contributed by atoms with Gasteiger partial charge in [0.05, 0.1) is 5.54 Å². The standard InChI is InChI=1S/C12H23NO/c1-6-10-11(14)12(5,7-2)13(8-3)9-4/h6H,1,7-10H2,2-5H3. The molecule has 0 aromatic heterocycles. The Morgan fingerprint density at radius 3 is 2.14 bits per heavy atom. The van der Waals surface area contributed by atoms with Crippen LogP contribution in [0, 0.1) is 0 Å². The Bertz CT molecular complexity index is 196. The minimum Gasteiger partial charge on any atom is -0.297 e. The maximum atomic E-state index is 11.9. The molecule has 0 aliphatic carbocycles. The number of likely N-dealkylation sites (N-methyl/N-ethyl adjacent to an activating group) is 1. The monoisotopic (exact) mass is 197 g/mol. The van der Waals surface area contributed by atoms with Crippen LogP contribution in [0.3, 0.4) is 0 Å². The second-order valence-corrected chi connectivity index (χ2v) is 3.72. The first-order chi connectivity index (χ1) is 6.56. The van der Waals surface area contributed by atoms with Gasteiger partial charge in [-0.05, 0) is 26.4 Å². The smallest absolute Gasteiger partial charge is 0.156 e. The van der Waals surface area contributed by atoms with E-state index in [9.17, 15) is 4.79 Å². The lowest BCUT2D eigenvalue weighted by Crippen LogP contribution is -2.51. The van der Waals surface area contributed by atoms with Crippen LogP contribution >= 0.6 is 0 Å². The highest BCUT2D eigenvalue weighted by atomic mass is 16.1. The fourth-order valence-electron chi connectivity index (χ4n) is 1.87. The van der Waals surface area contributed by atoms with Gasteiger partial charge in [-0.15, -0.1) is 6.58 Å². The average molecular weight is 197 g/mol. The van der Waals surface area contributed by atoms with E-state index in [0.717, 1.165) is 19.5 Å². The van der Waals surface area contributed by atoms with E-state index in [4.69, 9.17) is 0 Å². The second kappa shape index (κ2) is 5.97. The molecule has 1 atom stereocenters. The van der Waals surface area contributed by atoms with E-state index >= 15 is 0 Å². The number of Topliss-reactive ketones (excluding diaryl/α,β-unsaturated/α-hetero) is 1. The van der Waals surface area contributed by atoms with E-state index in [1.807, 2.05) is 6.92 Å².